The molecule has 0 atom stereocenters. The summed E-state index contributed by atoms with van der Waals surface area (Å²) in [6.45, 7) is -2.71. The van der Waals surface area contributed by atoms with Crippen LogP contribution >= 0.6 is 0 Å². The van der Waals surface area contributed by atoms with Gasteiger partial charge in [-0.1, -0.05) is 0 Å². The van der Waals surface area contributed by atoms with Crippen LogP contribution in [0.1, 0.15) is 0 Å². The summed E-state index contributed by atoms with van der Waals surface area (Å²) in [5.41, 5.74) is 0. The van der Waals surface area contributed by atoms with Crippen molar-refractivity contribution in [3.8, 4) is 0 Å². The van der Waals surface area contributed by atoms with E-state index in [0.29, 0.717) is 0 Å². The summed E-state index contributed by atoms with van der Waals surface area (Å²) in [7, 11) is -4.60. The molecule has 0 aromatic carbocycles. The lowest BCUT2D eigenvalue weighted by atomic mass is 10.7. The van der Waals surface area contributed by atoms with E-state index in [-0.39, 0.29) is 0 Å². The Hall–Kier alpha value is -0.380. The first-order chi connectivity index (χ1) is 5.71. The summed E-state index contributed by atoms with van der Waals surface area (Å²) in [6, 6.07) is 0. The summed E-state index contributed by atoms with van der Waals surface area (Å²) >= 11 is 0. The molecule has 0 saturated heterocycles. The molecule has 0 aliphatic heterocycles. The van der Waals surface area contributed by atoms with Crippen LogP contribution in [0.25, 0.3) is 0 Å². The largest absolute Gasteiger partial charge is 0.411 e. The molecular weight excluding hydrogens is 217 g/mol. The Balaban J connectivity index is 3.39. The summed E-state index contributed by atoms with van der Waals surface area (Å²) in [5.74, 6) is 0. The van der Waals surface area contributed by atoms with Gasteiger partial charge in [0.15, 0.2) is 0 Å². The van der Waals surface area contributed by atoms with E-state index in [4.69, 9.17) is 4.55 Å². The number of hydrogen-bond acceptors (Lipinski definition) is 4. The fourth-order valence-electron chi connectivity index (χ4n) is 0.386. The lowest BCUT2D eigenvalue weighted by Gasteiger charge is -2.06. The van der Waals surface area contributed by atoms with Crippen LogP contribution < -0.4 is 0 Å². The number of ether oxygens (including phenoxy) is 1. The molecule has 0 fully saturated rings. The van der Waals surface area contributed by atoms with Crippen LogP contribution in [0.2, 0.25) is 0 Å². The average molecular weight is 224 g/mol. The molecule has 0 amide bonds. The maximum atomic E-state index is 11.4. The Kier molecular flexibility index (Phi) is 4.61. The van der Waals surface area contributed by atoms with Gasteiger partial charge >= 0.3 is 16.6 Å². The zero-order chi connectivity index (χ0) is 10.5. The Morgan fingerprint density at radius 2 is 1.77 bits per heavy atom. The highest BCUT2D eigenvalue weighted by molar-refractivity contribution is 7.80. The highest BCUT2D eigenvalue weighted by Gasteiger charge is 2.27. The van der Waals surface area contributed by atoms with Gasteiger partial charge in [-0.25, -0.2) is 4.18 Å². The van der Waals surface area contributed by atoms with Gasteiger partial charge in [-0.15, -0.1) is 0 Å². The minimum absolute atomic E-state index is 0.570. The Bertz CT molecular complexity index is 233. The van der Waals surface area contributed by atoms with Crippen LogP contribution in [0.15, 0.2) is 0 Å². The Morgan fingerprint density at radius 1 is 1.23 bits per heavy atom. The Labute approximate surface area is 72.4 Å². The number of halogens is 3. The van der Waals surface area contributed by atoms with Crippen LogP contribution in [-0.2, 0) is 19.3 Å². The van der Waals surface area contributed by atoms with E-state index in [0.717, 1.165) is 0 Å². The van der Waals surface area contributed by atoms with E-state index >= 15 is 0 Å². The minimum Gasteiger partial charge on any atom is -0.370 e. The van der Waals surface area contributed by atoms with Crippen molar-refractivity contribution in [2.45, 2.75) is 6.18 Å². The molecular formula is C4H7F3O5S. The first kappa shape index (κ1) is 12.6. The van der Waals surface area contributed by atoms with Crippen LogP contribution in [-0.4, -0.2) is 39.0 Å². The number of rotatable bonds is 5. The smallest absolute Gasteiger partial charge is 0.370 e. The van der Waals surface area contributed by atoms with Crippen molar-refractivity contribution in [1.29, 1.82) is 0 Å². The first-order valence-corrected chi connectivity index (χ1v) is 4.33. The number of hydrogen-bond donors (Lipinski definition) is 1. The second-order valence-corrected chi connectivity index (χ2v) is 3.01. The third kappa shape index (κ3) is 11.6. The van der Waals surface area contributed by atoms with Crippen LogP contribution in [0.4, 0.5) is 13.2 Å². The van der Waals surface area contributed by atoms with E-state index < -0.39 is 36.4 Å². The van der Waals surface area contributed by atoms with Crippen molar-refractivity contribution in [3.05, 3.63) is 0 Å². The second kappa shape index (κ2) is 4.74. The van der Waals surface area contributed by atoms with Gasteiger partial charge in [-0.05, 0) is 0 Å². The van der Waals surface area contributed by atoms with Crippen molar-refractivity contribution in [3.63, 3.8) is 0 Å². The van der Waals surface area contributed by atoms with Gasteiger partial charge in [0.25, 0.3) is 0 Å². The summed E-state index contributed by atoms with van der Waals surface area (Å²) in [6.07, 6.45) is -4.46. The van der Waals surface area contributed by atoms with Crippen LogP contribution in [0, 0.1) is 0 Å². The van der Waals surface area contributed by atoms with Gasteiger partial charge in [-0.3, -0.25) is 4.55 Å². The molecule has 80 valence electrons. The molecule has 0 saturated carbocycles. The summed E-state index contributed by atoms with van der Waals surface area (Å²) in [5, 5.41) is 0. The molecule has 0 rings (SSSR count). The number of alkyl halides is 3. The van der Waals surface area contributed by atoms with E-state index in [1.165, 1.54) is 0 Å². The fraction of sp³-hybridized carbons (Fsp3) is 1.00. The van der Waals surface area contributed by atoms with Crippen molar-refractivity contribution in [1.82, 2.24) is 0 Å². The first-order valence-electron chi connectivity index (χ1n) is 2.97. The quantitative estimate of drug-likeness (QED) is 0.540. The minimum atomic E-state index is -4.60. The molecule has 0 spiro atoms. The molecule has 0 bridgehead atoms. The average Bonchev–Trinajstić information content (AvgIpc) is 1.81. The van der Waals surface area contributed by atoms with Crippen LogP contribution in [0.3, 0.4) is 0 Å². The standard InChI is InChI=1S/C4H7F3O5S/c5-4(6,7)3-11-1-2-12-13(8,9)10/h1-3H2,(H,8,9,10). The highest BCUT2D eigenvalue weighted by atomic mass is 32.3. The molecule has 0 aromatic rings. The zero-order valence-electron chi connectivity index (χ0n) is 6.24. The molecule has 0 unspecified atom stereocenters. The lowest BCUT2D eigenvalue weighted by Crippen LogP contribution is -2.19. The topological polar surface area (TPSA) is 72.8 Å². The lowest BCUT2D eigenvalue weighted by molar-refractivity contribution is -0.175. The maximum Gasteiger partial charge on any atom is 0.411 e. The molecule has 5 nitrogen and oxygen atoms in total. The van der Waals surface area contributed by atoms with Gasteiger partial charge in [0.05, 0.1) is 13.2 Å². The van der Waals surface area contributed by atoms with E-state index in [2.05, 4.69) is 8.92 Å². The SMILES string of the molecule is O=S(=O)(O)OCCOCC(F)(F)F. The normalized spacial score (nSPS) is 13.2. The molecule has 0 heterocycles. The molecule has 0 aromatic heterocycles. The summed E-state index contributed by atoms with van der Waals surface area (Å²) in [4.78, 5) is 0. The van der Waals surface area contributed by atoms with Gasteiger partial charge in [-0.2, -0.15) is 21.6 Å². The second-order valence-electron chi connectivity index (χ2n) is 1.92. The third-order valence-electron chi connectivity index (χ3n) is 0.726. The zero-order valence-corrected chi connectivity index (χ0v) is 7.06. The predicted octanol–water partition coefficient (Wildman–Crippen LogP) is 0.385. The van der Waals surface area contributed by atoms with Gasteiger partial charge in [0.2, 0.25) is 0 Å². The van der Waals surface area contributed by atoms with E-state index in [9.17, 15) is 21.6 Å². The van der Waals surface area contributed by atoms with Gasteiger partial charge in [0, 0.05) is 0 Å². The van der Waals surface area contributed by atoms with Crippen LogP contribution in [0.5, 0.6) is 0 Å². The maximum absolute atomic E-state index is 11.4. The van der Waals surface area contributed by atoms with E-state index in [1.54, 1.807) is 0 Å². The van der Waals surface area contributed by atoms with E-state index in [1.807, 2.05) is 0 Å². The molecule has 0 radical (unpaired) electrons. The fourth-order valence-corrected chi connectivity index (χ4v) is 0.665. The molecule has 9 heteroatoms. The molecule has 13 heavy (non-hydrogen) atoms. The van der Waals surface area contributed by atoms with Gasteiger partial charge < -0.3 is 4.74 Å². The van der Waals surface area contributed by atoms with Crippen molar-refractivity contribution in [2.75, 3.05) is 19.8 Å². The highest BCUT2D eigenvalue weighted by Crippen LogP contribution is 2.14. The van der Waals surface area contributed by atoms with Crippen molar-refractivity contribution >= 4 is 10.4 Å². The van der Waals surface area contributed by atoms with Gasteiger partial charge in [0.1, 0.15) is 6.61 Å². The predicted molar refractivity (Wildman–Crippen MR) is 34.4 cm³/mol. The third-order valence-corrected chi connectivity index (χ3v) is 1.19. The van der Waals surface area contributed by atoms with Crippen molar-refractivity contribution in [2.24, 2.45) is 0 Å². The molecule has 1 N–H and O–H groups in total. The molecule has 0 aliphatic rings. The monoisotopic (exact) mass is 224 g/mol. The molecule has 0 aliphatic carbocycles. The Morgan fingerprint density at radius 3 is 2.15 bits per heavy atom. The summed E-state index contributed by atoms with van der Waals surface area (Å²) < 4.78 is 69.4. The van der Waals surface area contributed by atoms with Crippen molar-refractivity contribution < 1.29 is 35.1 Å².